The van der Waals surface area contributed by atoms with E-state index in [0.717, 1.165) is 11.3 Å². The summed E-state index contributed by atoms with van der Waals surface area (Å²) in [5.74, 6) is 0.0128. The van der Waals surface area contributed by atoms with Gasteiger partial charge in [-0.25, -0.2) is 4.79 Å². The number of amides is 1. The minimum atomic E-state index is -0.536. The molecule has 0 atom stereocenters. The summed E-state index contributed by atoms with van der Waals surface area (Å²) < 4.78 is 12.2. The molecule has 7 heteroatoms. The van der Waals surface area contributed by atoms with E-state index < -0.39 is 18.5 Å². The van der Waals surface area contributed by atoms with Crippen molar-refractivity contribution in [2.45, 2.75) is 40.7 Å². The molecule has 2 rings (SSSR count). The molecule has 1 N–H and O–H groups in total. The zero-order chi connectivity index (χ0) is 20.0. The standard InChI is InChI=1S/C20H23N3O4/c1-5-7-13(2)20(25)27-12-18(24)22-19-17(10-21)14(3)15(4)23(19)11-16-8-6-9-26-16/h6-9H,5,11-12H2,1-4H3,(H,22,24)/b13-7-. The number of ether oxygens (including phenoxy) is 1. The van der Waals surface area contributed by atoms with Crippen molar-refractivity contribution in [2.24, 2.45) is 0 Å². The average Bonchev–Trinajstić information content (AvgIpc) is 3.23. The van der Waals surface area contributed by atoms with Crippen molar-refractivity contribution in [1.82, 2.24) is 4.57 Å². The van der Waals surface area contributed by atoms with Crippen molar-refractivity contribution in [1.29, 1.82) is 5.26 Å². The highest BCUT2D eigenvalue weighted by molar-refractivity contribution is 5.95. The molecule has 0 fully saturated rings. The van der Waals surface area contributed by atoms with Gasteiger partial charge in [-0.3, -0.25) is 4.79 Å². The maximum absolute atomic E-state index is 12.3. The Balaban J connectivity index is 2.18. The van der Waals surface area contributed by atoms with Crippen LogP contribution in [0.2, 0.25) is 0 Å². The number of anilines is 1. The Morgan fingerprint density at radius 3 is 2.74 bits per heavy atom. The molecule has 0 aliphatic rings. The summed E-state index contributed by atoms with van der Waals surface area (Å²) in [5.41, 5.74) is 2.45. The predicted octanol–water partition coefficient (Wildman–Crippen LogP) is 3.46. The van der Waals surface area contributed by atoms with Crippen LogP contribution in [0.1, 0.15) is 42.8 Å². The molecule has 0 spiro atoms. The number of esters is 1. The Bertz CT molecular complexity index is 899. The first kappa shape index (κ1) is 20.0. The number of nitrogens with zero attached hydrogens (tertiary/aromatic N) is 2. The smallest absolute Gasteiger partial charge is 0.333 e. The second-order valence-electron chi connectivity index (χ2n) is 6.13. The molecular weight excluding hydrogens is 346 g/mol. The third-order valence-electron chi connectivity index (χ3n) is 4.26. The third-order valence-corrected chi connectivity index (χ3v) is 4.26. The van der Waals surface area contributed by atoms with E-state index >= 15 is 0 Å². The van der Waals surface area contributed by atoms with E-state index in [9.17, 15) is 14.9 Å². The van der Waals surface area contributed by atoms with Crippen molar-refractivity contribution in [3.8, 4) is 6.07 Å². The molecule has 142 valence electrons. The first-order valence-corrected chi connectivity index (χ1v) is 8.64. The lowest BCUT2D eigenvalue weighted by atomic mass is 10.2. The molecule has 2 aromatic rings. The Morgan fingerprint density at radius 2 is 2.15 bits per heavy atom. The summed E-state index contributed by atoms with van der Waals surface area (Å²) in [6.45, 7) is 7.18. The highest BCUT2D eigenvalue weighted by Crippen LogP contribution is 2.27. The lowest BCUT2D eigenvalue weighted by Crippen LogP contribution is -2.23. The number of carbonyl (C=O) groups is 2. The van der Waals surface area contributed by atoms with E-state index in [2.05, 4.69) is 11.4 Å². The van der Waals surface area contributed by atoms with Crippen molar-refractivity contribution >= 4 is 17.7 Å². The number of furan rings is 1. The van der Waals surface area contributed by atoms with Crippen LogP contribution in [0.4, 0.5) is 5.82 Å². The van der Waals surface area contributed by atoms with Gasteiger partial charge in [0.25, 0.3) is 5.91 Å². The first-order valence-electron chi connectivity index (χ1n) is 8.64. The molecule has 0 aliphatic carbocycles. The lowest BCUT2D eigenvalue weighted by molar-refractivity contribution is -0.143. The Labute approximate surface area is 158 Å². The quantitative estimate of drug-likeness (QED) is 0.595. The highest BCUT2D eigenvalue weighted by atomic mass is 16.5. The minimum Gasteiger partial charge on any atom is -0.467 e. The van der Waals surface area contributed by atoms with Crippen molar-refractivity contribution in [3.05, 3.63) is 52.6 Å². The van der Waals surface area contributed by atoms with Gasteiger partial charge in [-0.15, -0.1) is 0 Å². The van der Waals surface area contributed by atoms with Gasteiger partial charge in [0, 0.05) is 11.3 Å². The van der Waals surface area contributed by atoms with Crippen molar-refractivity contribution < 1.29 is 18.7 Å². The Morgan fingerprint density at radius 1 is 1.41 bits per heavy atom. The van der Waals surface area contributed by atoms with E-state index in [1.54, 1.807) is 29.9 Å². The molecule has 1 amide bonds. The van der Waals surface area contributed by atoms with Gasteiger partial charge in [0.15, 0.2) is 6.61 Å². The summed E-state index contributed by atoms with van der Waals surface area (Å²) in [7, 11) is 0. The van der Waals surface area contributed by atoms with Gasteiger partial charge in [-0.05, 0) is 44.9 Å². The number of nitriles is 1. The molecule has 0 radical (unpaired) electrons. The van der Waals surface area contributed by atoms with Crippen molar-refractivity contribution in [3.63, 3.8) is 0 Å². The number of aromatic nitrogens is 1. The number of allylic oxidation sites excluding steroid dienone is 1. The molecule has 2 heterocycles. The number of rotatable bonds is 7. The summed E-state index contributed by atoms with van der Waals surface area (Å²) in [5, 5.41) is 12.2. The molecule has 2 aromatic heterocycles. The molecule has 27 heavy (non-hydrogen) atoms. The van der Waals surface area contributed by atoms with E-state index in [0.29, 0.717) is 35.7 Å². The number of hydrogen-bond donors (Lipinski definition) is 1. The van der Waals surface area contributed by atoms with E-state index in [1.165, 1.54) is 0 Å². The van der Waals surface area contributed by atoms with Crippen LogP contribution in [0, 0.1) is 25.2 Å². The SMILES string of the molecule is CC/C=C(/C)C(=O)OCC(=O)Nc1c(C#N)c(C)c(C)n1Cc1ccco1. The molecule has 7 nitrogen and oxygen atoms in total. The van der Waals surface area contributed by atoms with Crippen LogP contribution in [0.5, 0.6) is 0 Å². The fourth-order valence-corrected chi connectivity index (χ4v) is 2.69. The van der Waals surface area contributed by atoms with Crippen LogP contribution in [0.15, 0.2) is 34.5 Å². The number of nitrogens with one attached hydrogen (secondary N) is 1. The molecule has 0 aliphatic heterocycles. The van der Waals surface area contributed by atoms with Gasteiger partial charge in [0.2, 0.25) is 0 Å². The topological polar surface area (TPSA) is 97.3 Å². The van der Waals surface area contributed by atoms with E-state index in [1.807, 2.05) is 26.8 Å². The van der Waals surface area contributed by atoms with E-state index in [-0.39, 0.29) is 0 Å². The zero-order valence-electron chi connectivity index (χ0n) is 16.0. The average molecular weight is 369 g/mol. The van der Waals surface area contributed by atoms with Crippen LogP contribution in [-0.2, 0) is 20.9 Å². The summed E-state index contributed by atoms with van der Waals surface area (Å²) in [6.07, 6.45) is 4.00. The second-order valence-corrected chi connectivity index (χ2v) is 6.13. The molecule has 0 unspecified atom stereocenters. The van der Waals surface area contributed by atoms with Crippen LogP contribution < -0.4 is 5.32 Å². The monoisotopic (exact) mass is 369 g/mol. The second kappa shape index (κ2) is 8.90. The third kappa shape index (κ3) is 4.67. The van der Waals surface area contributed by atoms with Gasteiger partial charge in [-0.1, -0.05) is 13.0 Å². The molecule has 0 saturated heterocycles. The maximum atomic E-state index is 12.3. The fraction of sp³-hybridized carbons (Fsp3) is 0.350. The van der Waals surface area contributed by atoms with E-state index in [4.69, 9.17) is 9.15 Å². The lowest BCUT2D eigenvalue weighted by Gasteiger charge is -2.12. The van der Waals surface area contributed by atoms with Gasteiger partial charge in [0.1, 0.15) is 17.6 Å². The van der Waals surface area contributed by atoms with Crippen LogP contribution in [0.25, 0.3) is 0 Å². The van der Waals surface area contributed by atoms with Gasteiger partial charge >= 0.3 is 5.97 Å². The summed E-state index contributed by atoms with van der Waals surface area (Å²) in [6, 6.07) is 5.72. The van der Waals surface area contributed by atoms with Gasteiger partial charge in [-0.2, -0.15) is 5.26 Å². The Hall–Kier alpha value is -3.27. The molecular formula is C20H23N3O4. The normalized spacial score (nSPS) is 11.1. The van der Waals surface area contributed by atoms with Crippen molar-refractivity contribution in [2.75, 3.05) is 11.9 Å². The number of hydrogen-bond acceptors (Lipinski definition) is 5. The predicted molar refractivity (Wildman–Crippen MR) is 100 cm³/mol. The number of carbonyl (C=O) groups excluding carboxylic acids is 2. The maximum Gasteiger partial charge on any atom is 0.333 e. The molecule has 0 saturated carbocycles. The van der Waals surface area contributed by atoms with Crippen LogP contribution in [-0.4, -0.2) is 23.1 Å². The Kier molecular flexibility index (Phi) is 6.61. The van der Waals surface area contributed by atoms with Crippen LogP contribution in [0.3, 0.4) is 0 Å². The first-order chi connectivity index (χ1) is 12.9. The highest BCUT2D eigenvalue weighted by Gasteiger charge is 2.21. The molecule has 0 aromatic carbocycles. The largest absolute Gasteiger partial charge is 0.467 e. The van der Waals surface area contributed by atoms with Gasteiger partial charge in [0.05, 0.1) is 18.4 Å². The van der Waals surface area contributed by atoms with Gasteiger partial charge < -0.3 is 19.0 Å². The molecule has 0 bridgehead atoms. The van der Waals surface area contributed by atoms with Crippen LogP contribution >= 0.6 is 0 Å². The minimum absolute atomic E-state index is 0.366. The summed E-state index contributed by atoms with van der Waals surface area (Å²) in [4.78, 5) is 24.1. The zero-order valence-corrected chi connectivity index (χ0v) is 16.0. The summed E-state index contributed by atoms with van der Waals surface area (Å²) >= 11 is 0. The fourth-order valence-electron chi connectivity index (χ4n) is 2.69.